The molecule has 3 aliphatic rings. The van der Waals surface area contributed by atoms with E-state index in [0.717, 1.165) is 44.8 Å². The molecule has 256 valence electrons. The SMILES string of the molecule is CC(C)=C(/C=C\C1=C(C)NCCC1)CCCCC(F)(F)C1CCN(C(C(=O)OC(C)(C)C)c2cc(F)cnc2C2CCCCO2)C1. The number of carbonyl (C=O) groups is 1. The van der Waals surface area contributed by atoms with Crippen LogP contribution in [0.25, 0.3) is 0 Å². The van der Waals surface area contributed by atoms with E-state index in [1.165, 1.54) is 28.5 Å². The van der Waals surface area contributed by atoms with Gasteiger partial charge in [0.1, 0.15) is 17.5 Å². The van der Waals surface area contributed by atoms with E-state index in [1.54, 1.807) is 25.7 Å². The zero-order valence-electron chi connectivity index (χ0n) is 28.7. The van der Waals surface area contributed by atoms with Gasteiger partial charge in [0.2, 0.25) is 0 Å². The van der Waals surface area contributed by atoms with Crippen molar-refractivity contribution in [1.29, 1.82) is 0 Å². The molecule has 4 rings (SSSR count). The number of aromatic nitrogens is 1. The minimum absolute atomic E-state index is 0.0167. The van der Waals surface area contributed by atoms with Gasteiger partial charge in [0.05, 0.1) is 18.0 Å². The Hall–Kier alpha value is -2.65. The van der Waals surface area contributed by atoms with E-state index in [-0.39, 0.29) is 32.0 Å². The third kappa shape index (κ3) is 9.93. The lowest BCUT2D eigenvalue weighted by molar-refractivity contribution is -0.162. The molecule has 1 aromatic heterocycles. The van der Waals surface area contributed by atoms with Crippen LogP contribution in [-0.2, 0) is 14.3 Å². The summed E-state index contributed by atoms with van der Waals surface area (Å²) in [7, 11) is 0. The van der Waals surface area contributed by atoms with Crippen molar-refractivity contribution < 1.29 is 27.4 Å². The van der Waals surface area contributed by atoms with Gasteiger partial charge in [-0.25, -0.2) is 18.0 Å². The number of hydrogen-bond donors (Lipinski definition) is 1. The molecular formula is C37H54F3N3O3. The van der Waals surface area contributed by atoms with E-state index in [4.69, 9.17) is 9.47 Å². The Bertz CT molecular complexity index is 1290. The number of rotatable bonds is 12. The van der Waals surface area contributed by atoms with Crippen molar-refractivity contribution in [2.45, 2.75) is 129 Å². The van der Waals surface area contributed by atoms with Crippen molar-refractivity contribution >= 4 is 5.97 Å². The maximum atomic E-state index is 15.7. The standard InChI is InChI=1S/C37H54F3N3O3/c1-25(2)27(15-16-28-13-11-19-41-26(28)3)12-7-9-18-37(39,40)29-17-20-43(24-29)34(35(44)46-36(4,5)6)31-22-30(38)23-42-33(31)32-14-8-10-21-45-32/h15-16,22-23,29,32,34,41H,7-14,17-21,24H2,1-6H3/b16-15-. The number of esters is 1. The predicted molar refractivity (Wildman–Crippen MR) is 176 cm³/mol. The van der Waals surface area contributed by atoms with Crippen molar-refractivity contribution in [2.75, 3.05) is 26.2 Å². The van der Waals surface area contributed by atoms with E-state index in [1.807, 2.05) is 0 Å². The van der Waals surface area contributed by atoms with Crippen molar-refractivity contribution in [1.82, 2.24) is 15.2 Å². The van der Waals surface area contributed by atoms with Gasteiger partial charge >= 0.3 is 5.97 Å². The van der Waals surface area contributed by atoms with E-state index in [2.05, 4.69) is 43.2 Å². The van der Waals surface area contributed by atoms with Crippen LogP contribution in [0, 0.1) is 11.7 Å². The van der Waals surface area contributed by atoms with Gasteiger partial charge in [0, 0.05) is 43.3 Å². The molecule has 46 heavy (non-hydrogen) atoms. The summed E-state index contributed by atoms with van der Waals surface area (Å²) in [6, 6.07) is 0.256. The molecule has 1 aromatic rings. The van der Waals surface area contributed by atoms with Crippen LogP contribution in [-0.4, -0.2) is 53.6 Å². The maximum absolute atomic E-state index is 15.7. The minimum atomic E-state index is -2.89. The number of ether oxygens (including phenoxy) is 2. The number of likely N-dealkylation sites (tertiary alicyclic amines) is 1. The van der Waals surface area contributed by atoms with Gasteiger partial charge in [-0.2, -0.15) is 0 Å². The Balaban J connectivity index is 1.43. The van der Waals surface area contributed by atoms with Crippen molar-refractivity contribution in [2.24, 2.45) is 5.92 Å². The molecule has 3 unspecified atom stereocenters. The van der Waals surface area contributed by atoms with Gasteiger partial charge in [0.15, 0.2) is 0 Å². The van der Waals surface area contributed by atoms with Gasteiger partial charge < -0.3 is 14.8 Å². The van der Waals surface area contributed by atoms with Crippen LogP contribution in [0.2, 0.25) is 0 Å². The Morgan fingerprint density at radius 1 is 1.20 bits per heavy atom. The highest BCUT2D eigenvalue weighted by Gasteiger charge is 2.47. The number of pyridine rings is 1. The first-order valence-electron chi connectivity index (χ1n) is 17.1. The first-order chi connectivity index (χ1) is 21.7. The van der Waals surface area contributed by atoms with Gasteiger partial charge in [-0.15, -0.1) is 0 Å². The molecule has 0 radical (unpaired) electrons. The molecule has 0 spiro atoms. The molecule has 0 saturated carbocycles. The van der Waals surface area contributed by atoms with Crippen molar-refractivity contribution in [3.05, 3.63) is 63.9 Å². The lowest BCUT2D eigenvalue weighted by Gasteiger charge is -2.33. The fourth-order valence-corrected chi connectivity index (χ4v) is 6.75. The molecule has 2 fully saturated rings. The molecule has 0 amide bonds. The van der Waals surface area contributed by atoms with Crippen LogP contribution in [0.5, 0.6) is 0 Å². The van der Waals surface area contributed by atoms with E-state index < -0.39 is 35.3 Å². The summed E-state index contributed by atoms with van der Waals surface area (Å²) in [6.07, 6.45) is 11.7. The fourth-order valence-electron chi connectivity index (χ4n) is 6.75. The lowest BCUT2D eigenvalue weighted by atomic mass is 9.93. The molecule has 4 heterocycles. The Labute approximate surface area is 273 Å². The second kappa shape index (κ2) is 16.0. The molecule has 0 aliphatic carbocycles. The summed E-state index contributed by atoms with van der Waals surface area (Å²) in [5.74, 6) is -4.97. The highest BCUT2D eigenvalue weighted by atomic mass is 19.3. The average Bonchev–Trinajstić information content (AvgIpc) is 3.48. The molecule has 0 aromatic carbocycles. The molecule has 2 saturated heterocycles. The van der Waals surface area contributed by atoms with Gasteiger partial charge in [-0.3, -0.25) is 9.88 Å². The highest BCUT2D eigenvalue weighted by molar-refractivity contribution is 5.78. The number of alkyl halides is 2. The first kappa shape index (κ1) is 36.2. The van der Waals surface area contributed by atoms with Crippen LogP contribution in [0.1, 0.15) is 129 Å². The Kier molecular flexibility index (Phi) is 12.6. The molecule has 6 nitrogen and oxygen atoms in total. The third-order valence-corrected chi connectivity index (χ3v) is 9.34. The first-order valence-corrected chi connectivity index (χ1v) is 17.1. The molecule has 9 heteroatoms. The predicted octanol–water partition coefficient (Wildman–Crippen LogP) is 8.91. The summed E-state index contributed by atoms with van der Waals surface area (Å²) in [5.41, 5.74) is 4.95. The van der Waals surface area contributed by atoms with Gasteiger partial charge in [-0.1, -0.05) is 17.7 Å². The van der Waals surface area contributed by atoms with Crippen LogP contribution >= 0.6 is 0 Å². The number of unbranched alkanes of at least 4 members (excludes halogenated alkanes) is 1. The van der Waals surface area contributed by atoms with Crippen LogP contribution < -0.4 is 5.32 Å². The summed E-state index contributed by atoms with van der Waals surface area (Å²) in [4.78, 5) is 19.8. The van der Waals surface area contributed by atoms with Crippen LogP contribution in [0.15, 0.2) is 46.8 Å². The lowest BCUT2D eigenvalue weighted by Crippen LogP contribution is -2.39. The minimum Gasteiger partial charge on any atom is -0.459 e. The number of allylic oxidation sites excluding steroid dienone is 6. The number of nitrogens with one attached hydrogen (secondary N) is 1. The zero-order chi connectivity index (χ0) is 33.5. The molecule has 1 N–H and O–H groups in total. The van der Waals surface area contributed by atoms with Gasteiger partial charge in [0.25, 0.3) is 5.92 Å². The number of carbonyl (C=O) groups excluding carboxylic acids is 1. The van der Waals surface area contributed by atoms with Crippen molar-refractivity contribution in [3.63, 3.8) is 0 Å². The van der Waals surface area contributed by atoms with Gasteiger partial charge in [-0.05, 0) is 123 Å². The summed E-state index contributed by atoms with van der Waals surface area (Å²) >= 11 is 0. The number of halogens is 3. The second-order valence-electron chi connectivity index (χ2n) is 14.4. The largest absolute Gasteiger partial charge is 0.459 e. The smallest absolute Gasteiger partial charge is 0.328 e. The van der Waals surface area contributed by atoms with Crippen LogP contribution in [0.4, 0.5) is 13.2 Å². The molecule has 3 aliphatic heterocycles. The number of nitrogens with zero attached hydrogens (tertiary/aromatic N) is 2. The Morgan fingerprint density at radius 3 is 2.65 bits per heavy atom. The summed E-state index contributed by atoms with van der Waals surface area (Å²) < 4.78 is 57.8. The van der Waals surface area contributed by atoms with Crippen molar-refractivity contribution in [3.8, 4) is 0 Å². The fraction of sp³-hybridized carbons (Fsp3) is 0.676. The monoisotopic (exact) mass is 645 g/mol. The third-order valence-electron chi connectivity index (χ3n) is 9.34. The molecular weight excluding hydrogens is 591 g/mol. The Morgan fingerprint density at radius 2 is 1.98 bits per heavy atom. The summed E-state index contributed by atoms with van der Waals surface area (Å²) in [5, 5.41) is 3.41. The quantitative estimate of drug-likeness (QED) is 0.139. The maximum Gasteiger partial charge on any atom is 0.328 e. The van der Waals surface area contributed by atoms with E-state index >= 15 is 8.78 Å². The van der Waals surface area contributed by atoms with E-state index in [9.17, 15) is 9.18 Å². The summed E-state index contributed by atoms with van der Waals surface area (Å²) in [6.45, 7) is 13.4. The normalized spacial score (nSPS) is 22.2. The van der Waals surface area contributed by atoms with E-state index in [0.29, 0.717) is 37.1 Å². The second-order valence-corrected chi connectivity index (χ2v) is 14.4. The highest BCUT2D eigenvalue weighted by Crippen LogP contribution is 2.42. The number of hydrogen-bond acceptors (Lipinski definition) is 6. The molecule has 3 atom stereocenters. The average molecular weight is 646 g/mol. The topological polar surface area (TPSA) is 63.7 Å². The van der Waals surface area contributed by atoms with Crippen LogP contribution in [0.3, 0.4) is 0 Å². The zero-order valence-corrected chi connectivity index (χ0v) is 28.7. The molecule has 0 bridgehead atoms.